The molecule has 0 unspecified atom stereocenters. The number of Topliss-reactive ketones (excluding diaryl/α,β-unsaturated/α-hetero) is 1. The Balaban J connectivity index is 1.30. The number of methoxy groups -OCH3 is 1. The number of piperidine rings is 1. The highest BCUT2D eigenvalue weighted by molar-refractivity contribution is 5.97. The maximum absolute atomic E-state index is 13.4. The number of amides is 1. The molecule has 0 bridgehead atoms. The molecule has 3 aromatic rings. The summed E-state index contributed by atoms with van der Waals surface area (Å²) in [6, 6.07) is 25.5. The minimum atomic E-state index is -0.423. The summed E-state index contributed by atoms with van der Waals surface area (Å²) in [4.78, 5) is 26.0. The van der Waals surface area contributed by atoms with Crippen LogP contribution in [0.3, 0.4) is 0 Å². The van der Waals surface area contributed by atoms with Crippen LogP contribution < -0.4 is 15.6 Å². The van der Waals surface area contributed by atoms with Gasteiger partial charge in [0.2, 0.25) is 0 Å². The molecule has 3 aromatic carbocycles. The molecule has 0 atom stereocenters. The maximum atomic E-state index is 13.4. The molecule has 1 saturated heterocycles. The van der Waals surface area contributed by atoms with Gasteiger partial charge in [0.15, 0.2) is 5.78 Å². The Labute approximate surface area is 237 Å². The van der Waals surface area contributed by atoms with Crippen LogP contribution in [0.4, 0.5) is 10.5 Å². The second-order valence-corrected chi connectivity index (χ2v) is 9.60. The first-order valence-corrected chi connectivity index (χ1v) is 13.9. The van der Waals surface area contributed by atoms with Crippen molar-refractivity contribution in [3.8, 4) is 11.1 Å². The van der Waals surface area contributed by atoms with Gasteiger partial charge in [0.1, 0.15) is 6.61 Å². The van der Waals surface area contributed by atoms with E-state index >= 15 is 0 Å². The van der Waals surface area contributed by atoms with Gasteiger partial charge < -0.3 is 20.1 Å². The van der Waals surface area contributed by atoms with Gasteiger partial charge in [-0.1, -0.05) is 72.8 Å². The Bertz CT molecular complexity index is 1200. The zero-order valence-corrected chi connectivity index (χ0v) is 23.2. The van der Waals surface area contributed by atoms with Crippen molar-refractivity contribution in [2.24, 2.45) is 0 Å². The number of hydrazine groups is 1. The predicted octanol–water partition coefficient (Wildman–Crippen LogP) is 4.72. The quantitative estimate of drug-likeness (QED) is 0.225. The van der Waals surface area contributed by atoms with Gasteiger partial charge in [0, 0.05) is 51.0 Å². The largest absolute Gasteiger partial charge is 0.447 e. The average Bonchev–Trinajstić information content (AvgIpc) is 3.01. The molecule has 1 aliphatic heterocycles. The lowest BCUT2D eigenvalue weighted by molar-refractivity contribution is 0.0986. The van der Waals surface area contributed by atoms with Crippen LogP contribution in [0.25, 0.3) is 11.1 Å². The lowest BCUT2D eigenvalue weighted by atomic mass is 10.0. The Hall–Kier alpha value is -3.56. The average molecular weight is 544 g/mol. The van der Waals surface area contributed by atoms with E-state index in [0.717, 1.165) is 61.4 Å². The second-order valence-electron chi connectivity index (χ2n) is 9.60. The Morgan fingerprint density at radius 3 is 2.30 bits per heavy atom. The lowest BCUT2D eigenvalue weighted by Crippen LogP contribution is -2.50. The highest BCUT2D eigenvalue weighted by Gasteiger charge is 2.28. The van der Waals surface area contributed by atoms with Crippen molar-refractivity contribution in [2.75, 3.05) is 58.1 Å². The van der Waals surface area contributed by atoms with E-state index in [1.807, 2.05) is 78.9 Å². The van der Waals surface area contributed by atoms with E-state index < -0.39 is 6.09 Å². The van der Waals surface area contributed by atoms with Crippen LogP contribution in [0.15, 0.2) is 78.9 Å². The summed E-state index contributed by atoms with van der Waals surface area (Å²) in [5.41, 5.74) is 4.56. The molecule has 8 nitrogen and oxygen atoms in total. The summed E-state index contributed by atoms with van der Waals surface area (Å²) in [7, 11) is 1.68. The molecular formula is C32H39N4O4. The first-order valence-electron chi connectivity index (χ1n) is 13.9. The van der Waals surface area contributed by atoms with E-state index in [4.69, 9.17) is 9.47 Å². The monoisotopic (exact) mass is 543 g/mol. The molecule has 1 amide bonds. The summed E-state index contributed by atoms with van der Waals surface area (Å²) < 4.78 is 10.7. The van der Waals surface area contributed by atoms with E-state index in [1.165, 1.54) is 0 Å². The van der Waals surface area contributed by atoms with Crippen LogP contribution >= 0.6 is 0 Å². The van der Waals surface area contributed by atoms with Crippen LogP contribution in [-0.2, 0) is 16.0 Å². The lowest BCUT2D eigenvalue weighted by Gasteiger charge is -2.37. The van der Waals surface area contributed by atoms with Gasteiger partial charge in [-0.2, -0.15) is 0 Å². The number of hydrogen-bond acceptors (Lipinski definition) is 7. The number of rotatable bonds is 14. The van der Waals surface area contributed by atoms with Crippen LogP contribution in [0.2, 0.25) is 0 Å². The van der Waals surface area contributed by atoms with Crippen molar-refractivity contribution >= 4 is 17.6 Å². The molecule has 0 aromatic heterocycles. The number of para-hydroxylation sites is 1. The normalized spacial score (nSPS) is 13.6. The smallest absolute Gasteiger partial charge is 0.429 e. The Kier molecular flexibility index (Phi) is 11.7. The Morgan fingerprint density at radius 2 is 1.55 bits per heavy atom. The van der Waals surface area contributed by atoms with E-state index in [9.17, 15) is 9.59 Å². The number of benzene rings is 3. The first-order chi connectivity index (χ1) is 19.7. The van der Waals surface area contributed by atoms with Gasteiger partial charge >= 0.3 is 6.09 Å². The van der Waals surface area contributed by atoms with Gasteiger partial charge in [0.05, 0.1) is 18.8 Å². The zero-order valence-electron chi connectivity index (χ0n) is 23.2. The summed E-state index contributed by atoms with van der Waals surface area (Å²) >= 11 is 0. The molecule has 0 aliphatic carbocycles. The van der Waals surface area contributed by atoms with E-state index in [0.29, 0.717) is 18.7 Å². The van der Waals surface area contributed by atoms with Crippen molar-refractivity contribution < 1.29 is 19.1 Å². The van der Waals surface area contributed by atoms with Gasteiger partial charge in [-0.15, -0.1) is 0 Å². The maximum Gasteiger partial charge on any atom is 0.429 e. The summed E-state index contributed by atoms with van der Waals surface area (Å²) in [6.07, 6.45) is 3.64. The van der Waals surface area contributed by atoms with Gasteiger partial charge in [-0.25, -0.2) is 14.8 Å². The van der Waals surface area contributed by atoms with Gasteiger partial charge in [-0.05, 0) is 36.5 Å². The molecule has 0 saturated carbocycles. The van der Waals surface area contributed by atoms with Crippen LogP contribution in [-0.4, -0.2) is 69.9 Å². The number of nitrogens with zero attached hydrogens (tertiary/aromatic N) is 2. The minimum absolute atomic E-state index is 0.00630. The third-order valence-corrected chi connectivity index (χ3v) is 6.73. The molecule has 1 fully saturated rings. The van der Waals surface area contributed by atoms with Crippen LogP contribution in [0, 0.1) is 6.42 Å². The van der Waals surface area contributed by atoms with E-state index in [1.54, 1.807) is 12.1 Å². The number of ether oxygens (including phenoxy) is 2. The molecule has 40 heavy (non-hydrogen) atoms. The summed E-state index contributed by atoms with van der Waals surface area (Å²) in [5.74, 6) is -0.00630. The number of ketones is 1. The fourth-order valence-electron chi connectivity index (χ4n) is 4.61. The topological polar surface area (TPSA) is 83.1 Å². The number of hydrogen-bond donors (Lipinski definition) is 2. The van der Waals surface area contributed by atoms with Crippen molar-refractivity contribution in [3.05, 3.63) is 96.4 Å². The highest BCUT2D eigenvalue weighted by Crippen LogP contribution is 2.33. The molecule has 211 valence electrons. The number of carbonyl (C=O) groups is 2. The third kappa shape index (κ3) is 8.47. The van der Waals surface area contributed by atoms with Crippen LogP contribution in [0.1, 0.15) is 28.8 Å². The Morgan fingerprint density at radius 1 is 0.850 bits per heavy atom. The zero-order chi connectivity index (χ0) is 28.0. The van der Waals surface area contributed by atoms with Gasteiger partial charge in [-0.3, -0.25) is 4.79 Å². The standard InChI is InChI=1S/C32H39N4O4/c1-39-22-18-33-24-26-14-16-28(17-15-26)31(37)25-34-19-23-40-32(38)36(35-20-8-3-9-21-35)30-13-7-6-12-29(30)27-10-4-2-5-11-27/h2-7,10-17,33-34H,8-9,18-25H2,1H3. The number of nitrogens with one attached hydrogen (secondary N) is 2. The third-order valence-electron chi connectivity index (χ3n) is 6.73. The van der Waals surface area contributed by atoms with Crippen LogP contribution in [0.5, 0.6) is 0 Å². The molecule has 4 rings (SSSR count). The molecule has 1 radical (unpaired) electrons. The number of anilines is 1. The van der Waals surface area contributed by atoms with Crippen molar-refractivity contribution in [3.63, 3.8) is 0 Å². The van der Waals surface area contributed by atoms with Crippen molar-refractivity contribution in [1.82, 2.24) is 15.6 Å². The first kappa shape index (κ1) is 29.4. The SMILES string of the molecule is COCCNCc1ccc(C(=O)CNCCOC(=O)N(c2ccccc2-c2ccccc2)N2CC[CH]CC2)cc1. The fraction of sp³-hybridized carbons (Fsp3) is 0.344. The number of carbonyl (C=O) groups excluding carboxylic acids is 2. The van der Waals surface area contributed by atoms with E-state index in [2.05, 4.69) is 22.1 Å². The molecule has 1 heterocycles. The minimum Gasteiger partial charge on any atom is -0.447 e. The molecule has 8 heteroatoms. The van der Waals surface area contributed by atoms with Crippen molar-refractivity contribution in [1.29, 1.82) is 0 Å². The molecule has 1 aliphatic rings. The van der Waals surface area contributed by atoms with Gasteiger partial charge in [0.25, 0.3) is 0 Å². The second kappa shape index (κ2) is 15.9. The molecule has 2 N–H and O–H groups in total. The fourth-order valence-corrected chi connectivity index (χ4v) is 4.61. The molecular weight excluding hydrogens is 504 g/mol. The van der Waals surface area contributed by atoms with Crippen molar-refractivity contribution in [2.45, 2.75) is 19.4 Å². The predicted molar refractivity (Wildman–Crippen MR) is 158 cm³/mol. The summed E-state index contributed by atoms with van der Waals surface area (Å²) in [5, 5.41) is 10.1. The van der Waals surface area contributed by atoms with E-state index in [-0.39, 0.29) is 18.9 Å². The highest BCUT2D eigenvalue weighted by atomic mass is 16.6. The molecule has 0 spiro atoms. The summed E-state index contributed by atoms with van der Waals surface area (Å²) in [6.45, 7) is 4.35.